The maximum Gasteiger partial charge on any atom is 0.407 e. The van der Waals surface area contributed by atoms with Crippen molar-refractivity contribution in [3.05, 3.63) is 0 Å². The van der Waals surface area contributed by atoms with Crippen molar-refractivity contribution in [3.63, 3.8) is 0 Å². The van der Waals surface area contributed by atoms with Crippen molar-refractivity contribution in [2.45, 2.75) is 46.1 Å². The summed E-state index contributed by atoms with van der Waals surface area (Å²) in [4.78, 5) is 15.8. The van der Waals surface area contributed by atoms with E-state index in [-0.39, 0.29) is 12.1 Å². The molecule has 0 aromatic heterocycles. The van der Waals surface area contributed by atoms with E-state index >= 15 is 0 Å². The van der Waals surface area contributed by atoms with Crippen molar-refractivity contribution in [1.29, 1.82) is 0 Å². The molecule has 0 aromatic rings. The molecular weight excluding hydrogens is 268 g/mol. The van der Waals surface area contributed by atoms with Crippen LogP contribution in [-0.4, -0.2) is 44.8 Å². The summed E-state index contributed by atoms with van der Waals surface area (Å²) in [5.74, 6) is 2.09. The Labute approximate surface area is 128 Å². The smallest absolute Gasteiger partial charge is 0.407 e. The molecule has 21 heavy (non-hydrogen) atoms. The number of hydrogen-bond acceptors (Lipinski definition) is 3. The van der Waals surface area contributed by atoms with Crippen molar-refractivity contribution < 1.29 is 9.53 Å². The largest absolute Gasteiger partial charge is 0.450 e. The molecule has 0 saturated heterocycles. The number of carbonyl (C=O) groups excluding carboxylic acids is 1. The maximum atomic E-state index is 11.6. The molecule has 1 unspecified atom stereocenters. The molecule has 1 aliphatic carbocycles. The summed E-state index contributed by atoms with van der Waals surface area (Å²) in [6.07, 6.45) is 3.16. The standard InChI is InChI=1S/C15H30N4O2/c1-5-21-15(20)19-13(8-11(2)3)10-18-14(16-4)17-9-12-6-7-12/h11-13H,5-10H2,1-4H3,(H,19,20)(H2,16,17,18). The number of alkyl carbamates (subject to hydrolysis) is 1. The number of amides is 1. The van der Waals surface area contributed by atoms with Crippen molar-refractivity contribution in [3.8, 4) is 0 Å². The average molecular weight is 298 g/mol. The first kappa shape index (κ1) is 17.6. The number of aliphatic imine (C=N–C) groups is 1. The fraction of sp³-hybridized carbons (Fsp3) is 0.867. The van der Waals surface area contributed by atoms with Crippen LogP contribution in [0.2, 0.25) is 0 Å². The number of guanidine groups is 1. The highest BCUT2D eigenvalue weighted by atomic mass is 16.5. The zero-order valence-corrected chi connectivity index (χ0v) is 13.7. The van der Waals surface area contributed by atoms with Crippen molar-refractivity contribution in [1.82, 2.24) is 16.0 Å². The van der Waals surface area contributed by atoms with Gasteiger partial charge in [-0.05, 0) is 38.0 Å². The van der Waals surface area contributed by atoms with Gasteiger partial charge in [0.15, 0.2) is 5.96 Å². The third-order valence-corrected chi connectivity index (χ3v) is 3.35. The minimum atomic E-state index is -0.356. The van der Waals surface area contributed by atoms with Crippen LogP contribution >= 0.6 is 0 Å². The lowest BCUT2D eigenvalue weighted by Gasteiger charge is -2.22. The Morgan fingerprint density at radius 2 is 2.05 bits per heavy atom. The van der Waals surface area contributed by atoms with Gasteiger partial charge in [0.1, 0.15) is 0 Å². The Morgan fingerprint density at radius 1 is 1.33 bits per heavy atom. The van der Waals surface area contributed by atoms with E-state index in [4.69, 9.17) is 4.74 Å². The molecule has 0 aliphatic heterocycles. The highest BCUT2D eigenvalue weighted by molar-refractivity contribution is 5.79. The number of nitrogens with zero attached hydrogens (tertiary/aromatic N) is 1. The van der Waals surface area contributed by atoms with E-state index < -0.39 is 0 Å². The molecule has 1 saturated carbocycles. The van der Waals surface area contributed by atoms with Gasteiger partial charge in [0.05, 0.1) is 6.61 Å². The van der Waals surface area contributed by atoms with Gasteiger partial charge in [-0.25, -0.2) is 4.79 Å². The fourth-order valence-corrected chi connectivity index (χ4v) is 2.11. The maximum absolute atomic E-state index is 11.6. The van der Waals surface area contributed by atoms with E-state index in [0.29, 0.717) is 19.1 Å². The van der Waals surface area contributed by atoms with Crippen LogP contribution in [0.4, 0.5) is 4.79 Å². The lowest BCUT2D eigenvalue weighted by atomic mass is 10.0. The predicted molar refractivity (Wildman–Crippen MR) is 85.5 cm³/mol. The third kappa shape index (κ3) is 8.42. The summed E-state index contributed by atoms with van der Waals surface area (Å²) >= 11 is 0. The molecule has 6 heteroatoms. The van der Waals surface area contributed by atoms with Crippen molar-refractivity contribution in [2.75, 3.05) is 26.7 Å². The van der Waals surface area contributed by atoms with Crippen molar-refractivity contribution >= 4 is 12.1 Å². The van der Waals surface area contributed by atoms with Gasteiger partial charge in [0.25, 0.3) is 0 Å². The van der Waals surface area contributed by atoms with E-state index in [0.717, 1.165) is 24.8 Å². The molecule has 3 N–H and O–H groups in total. The number of carbonyl (C=O) groups is 1. The van der Waals surface area contributed by atoms with E-state index in [2.05, 4.69) is 34.8 Å². The summed E-state index contributed by atoms with van der Waals surface area (Å²) < 4.78 is 4.95. The minimum absolute atomic E-state index is 0.0310. The zero-order valence-electron chi connectivity index (χ0n) is 13.7. The Hall–Kier alpha value is -1.46. The molecule has 6 nitrogen and oxygen atoms in total. The van der Waals surface area contributed by atoms with Gasteiger partial charge >= 0.3 is 6.09 Å². The first-order valence-corrected chi connectivity index (χ1v) is 7.92. The molecule has 1 fully saturated rings. The highest BCUT2D eigenvalue weighted by Crippen LogP contribution is 2.27. The molecule has 0 heterocycles. The van der Waals surface area contributed by atoms with Crippen LogP contribution in [0.5, 0.6) is 0 Å². The van der Waals surface area contributed by atoms with Crippen LogP contribution in [0.3, 0.4) is 0 Å². The highest BCUT2D eigenvalue weighted by Gasteiger charge is 2.21. The van der Waals surface area contributed by atoms with Gasteiger partial charge in [-0.1, -0.05) is 13.8 Å². The molecule has 0 bridgehead atoms. The Balaban J connectivity index is 2.36. The zero-order chi connectivity index (χ0) is 15.7. The number of ether oxygens (including phenoxy) is 1. The minimum Gasteiger partial charge on any atom is -0.450 e. The molecule has 122 valence electrons. The van der Waals surface area contributed by atoms with E-state index in [1.165, 1.54) is 12.8 Å². The first-order chi connectivity index (χ1) is 10.0. The molecule has 1 rings (SSSR count). The van der Waals surface area contributed by atoms with Gasteiger partial charge < -0.3 is 20.7 Å². The fourth-order valence-electron chi connectivity index (χ4n) is 2.11. The third-order valence-electron chi connectivity index (χ3n) is 3.35. The lowest BCUT2D eigenvalue weighted by Crippen LogP contribution is -2.48. The Kier molecular flexibility index (Phi) is 7.93. The molecule has 0 spiro atoms. The van der Waals surface area contributed by atoms with Crippen molar-refractivity contribution in [2.24, 2.45) is 16.8 Å². The van der Waals surface area contributed by atoms with Gasteiger partial charge in [-0.2, -0.15) is 0 Å². The van der Waals surface area contributed by atoms with Crippen LogP contribution in [0.1, 0.15) is 40.0 Å². The number of hydrogen-bond donors (Lipinski definition) is 3. The van der Waals surface area contributed by atoms with Crippen LogP contribution in [0.25, 0.3) is 0 Å². The topological polar surface area (TPSA) is 74.8 Å². The lowest BCUT2D eigenvalue weighted by molar-refractivity contribution is 0.146. The number of nitrogens with one attached hydrogen (secondary N) is 3. The normalized spacial score (nSPS) is 16.5. The van der Waals surface area contributed by atoms with Crippen LogP contribution in [0.15, 0.2) is 4.99 Å². The molecule has 1 amide bonds. The summed E-state index contributed by atoms with van der Waals surface area (Å²) in [5.41, 5.74) is 0. The van der Waals surface area contributed by atoms with E-state index in [1.807, 2.05) is 0 Å². The quantitative estimate of drug-likeness (QED) is 0.471. The first-order valence-electron chi connectivity index (χ1n) is 7.92. The van der Waals surface area contributed by atoms with Gasteiger partial charge in [0.2, 0.25) is 0 Å². The summed E-state index contributed by atoms with van der Waals surface area (Å²) in [7, 11) is 1.76. The van der Waals surface area contributed by atoms with Crippen LogP contribution in [-0.2, 0) is 4.74 Å². The summed E-state index contributed by atoms with van der Waals surface area (Å²) in [6, 6.07) is 0.0310. The molecule has 1 aliphatic rings. The van der Waals surface area contributed by atoms with Gasteiger partial charge in [-0.15, -0.1) is 0 Å². The molecule has 0 radical (unpaired) electrons. The Bertz CT molecular complexity index is 341. The van der Waals surface area contributed by atoms with Crippen LogP contribution in [0, 0.1) is 11.8 Å². The SMILES string of the molecule is CCOC(=O)NC(CNC(=NC)NCC1CC1)CC(C)C. The monoisotopic (exact) mass is 298 g/mol. The summed E-state index contributed by atoms with van der Waals surface area (Å²) in [5, 5.41) is 9.49. The number of rotatable bonds is 8. The second kappa shape index (κ2) is 9.47. The molecule has 0 aromatic carbocycles. The predicted octanol–water partition coefficient (Wildman–Crippen LogP) is 1.72. The Morgan fingerprint density at radius 3 is 2.57 bits per heavy atom. The second-order valence-electron chi connectivity index (χ2n) is 5.97. The summed E-state index contributed by atoms with van der Waals surface area (Å²) in [6.45, 7) is 8.08. The van der Waals surface area contributed by atoms with Gasteiger partial charge in [-0.3, -0.25) is 4.99 Å². The van der Waals surface area contributed by atoms with Crippen LogP contribution < -0.4 is 16.0 Å². The molecular formula is C15H30N4O2. The van der Waals surface area contributed by atoms with Gasteiger partial charge in [0, 0.05) is 26.2 Å². The molecule has 1 atom stereocenters. The van der Waals surface area contributed by atoms with E-state index in [9.17, 15) is 4.79 Å². The van der Waals surface area contributed by atoms with E-state index in [1.54, 1.807) is 14.0 Å². The average Bonchev–Trinajstić information content (AvgIpc) is 3.22. The second-order valence-corrected chi connectivity index (χ2v) is 5.97.